The topological polar surface area (TPSA) is 61.4 Å². The van der Waals surface area contributed by atoms with Gasteiger partial charge in [0.15, 0.2) is 0 Å². The minimum Gasteiger partial charge on any atom is -0.355 e. The monoisotopic (exact) mass is 373 g/mol. The summed E-state index contributed by atoms with van der Waals surface area (Å²) >= 11 is 0. The van der Waals surface area contributed by atoms with E-state index < -0.39 is 0 Å². The molecule has 0 radical (unpaired) electrons. The van der Waals surface area contributed by atoms with Crippen LogP contribution in [-0.4, -0.2) is 48.9 Å². The Morgan fingerprint density at radius 3 is 2.12 bits per heavy atom. The lowest BCUT2D eigenvalue weighted by atomic mass is 9.95. The van der Waals surface area contributed by atoms with E-state index >= 15 is 0 Å². The van der Waals surface area contributed by atoms with Crippen LogP contribution in [0.2, 0.25) is 0 Å². The fourth-order valence-corrected chi connectivity index (χ4v) is 3.82. The van der Waals surface area contributed by atoms with Crippen LogP contribution in [0, 0.1) is 11.8 Å². The van der Waals surface area contributed by atoms with E-state index in [9.17, 15) is 9.59 Å². The molecule has 0 unspecified atom stereocenters. The van der Waals surface area contributed by atoms with Crippen LogP contribution < -0.4 is 10.6 Å². The molecule has 146 valence electrons. The number of rotatable bonds is 6. The van der Waals surface area contributed by atoms with Crippen LogP contribution in [0.4, 0.5) is 0 Å². The molecule has 0 aromatic carbocycles. The first-order valence-corrected chi connectivity index (χ1v) is 9.88. The molecule has 6 heteroatoms. The second kappa shape index (κ2) is 11.7. The molecule has 0 bridgehead atoms. The van der Waals surface area contributed by atoms with Gasteiger partial charge in [0.2, 0.25) is 11.8 Å². The zero-order valence-electron chi connectivity index (χ0n) is 15.9. The summed E-state index contributed by atoms with van der Waals surface area (Å²) in [5.41, 5.74) is 0. The third-order valence-electron chi connectivity index (χ3n) is 5.38. The highest BCUT2D eigenvalue weighted by molar-refractivity contribution is 5.85. The molecular formula is C19H36ClN3O2. The Labute approximate surface area is 159 Å². The molecular weight excluding hydrogens is 338 g/mol. The first-order chi connectivity index (χ1) is 11.6. The molecule has 2 amide bonds. The molecule has 0 aromatic rings. The zero-order valence-corrected chi connectivity index (χ0v) is 16.7. The molecule has 2 fully saturated rings. The van der Waals surface area contributed by atoms with Crippen LogP contribution in [0.25, 0.3) is 0 Å². The number of piperidine rings is 1. The van der Waals surface area contributed by atoms with Crippen LogP contribution in [-0.2, 0) is 9.59 Å². The fourth-order valence-electron chi connectivity index (χ4n) is 3.82. The van der Waals surface area contributed by atoms with E-state index in [0.29, 0.717) is 12.6 Å². The molecule has 2 rings (SSSR count). The van der Waals surface area contributed by atoms with Crippen molar-refractivity contribution in [3.63, 3.8) is 0 Å². The first kappa shape index (κ1) is 22.2. The smallest absolute Gasteiger partial charge is 0.225 e. The second-order valence-corrected chi connectivity index (χ2v) is 7.69. The van der Waals surface area contributed by atoms with E-state index in [0.717, 1.165) is 32.5 Å². The maximum atomic E-state index is 12.3. The van der Waals surface area contributed by atoms with Crippen molar-refractivity contribution in [1.29, 1.82) is 0 Å². The Bertz CT molecular complexity index is 401. The maximum Gasteiger partial charge on any atom is 0.225 e. The Kier molecular flexibility index (Phi) is 10.4. The summed E-state index contributed by atoms with van der Waals surface area (Å²) in [7, 11) is 0. The van der Waals surface area contributed by atoms with E-state index in [1.807, 2.05) is 18.7 Å². The summed E-state index contributed by atoms with van der Waals surface area (Å²) in [5.74, 6) is 0.486. The van der Waals surface area contributed by atoms with Crippen LogP contribution in [0.5, 0.6) is 0 Å². The predicted molar refractivity (Wildman–Crippen MR) is 104 cm³/mol. The van der Waals surface area contributed by atoms with E-state index in [2.05, 4.69) is 10.6 Å². The van der Waals surface area contributed by atoms with Gasteiger partial charge in [-0.25, -0.2) is 0 Å². The SMILES string of the molecule is CC(C)C(=O)N1CCC(C(=O)NCCNC2CCCCCC2)CC1.Cl. The summed E-state index contributed by atoms with van der Waals surface area (Å²) in [5, 5.41) is 6.66. The first-order valence-electron chi connectivity index (χ1n) is 9.88. The molecule has 0 atom stereocenters. The number of hydrogen-bond acceptors (Lipinski definition) is 3. The van der Waals surface area contributed by atoms with Gasteiger partial charge in [0, 0.05) is 44.1 Å². The van der Waals surface area contributed by atoms with E-state index in [1.165, 1.54) is 38.5 Å². The predicted octanol–water partition coefficient (Wildman–Crippen LogP) is 2.73. The Morgan fingerprint density at radius 2 is 1.56 bits per heavy atom. The number of hydrogen-bond donors (Lipinski definition) is 2. The van der Waals surface area contributed by atoms with Crippen LogP contribution in [0.1, 0.15) is 65.2 Å². The average Bonchev–Trinajstić information content (AvgIpc) is 2.86. The molecule has 25 heavy (non-hydrogen) atoms. The largest absolute Gasteiger partial charge is 0.355 e. The summed E-state index contributed by atoms with van der Waals surface area (Å²) in [6.45, 7) is 6.87. The van der Waals surface area contributed by atoms with Crippen molar-refractivity contribution in [3.05, 3.63) is 0 Å². The van der Waals surface area contributed by atoms with Gasteiger partial charge in [-0.15, -0.1) is 12.4 Å². The van der Waals surface area contributed by atoms with Gasteiger partial charge in [-0.3, -0.25) is 9.59 Å². The third-order valence-corrected chi connectivity index (χ3v) is 5.38. The van der Waals surface area contributed by atoms with Gasteiger partial charge in [0.25, 0.3) is 0 Å². The van der Waals surface area contributed by atoms with Crippen molar-refractivity contribution in [2.75, 3.05) is 26.2 Å². The average molecular weight is 374 g/mol. The number of carbonyl (C=O) groups excluding carboxylic acids is 2. The number of nitrogens with one attached hydrogen (secondary N) is 2. The molecule has 1 aliphatic carbocycles. The summed E-state index contributed by atoms with van der Waals surface area (Å²) in [6, 6.07) is 0.634. The van der Waals surface area contributed by atoms with Crippen molar-refractivity contribution >= 4 is 24.2 Å². The van der Waals surface area contributed by atoms with Crippen LogP contribution in [0.3, 0.4) is 0 Å². The lowest BCUT2D eigenvalue weighted by molar-refractivity contribution is -0.138. The molecule has 0 aromatic heterocycles. The summed E-state index contributed by atoms with van der Waals surface area (Å²) < 4.78 is 0. The van der Waals surface area contributed by atoms with E-state index in [-0.39, 0.29) is 36.1 Å². The van der Waals surface area contributed by atoms with Gasteiger partial charge in [0.1, 0.15) is 0 Å². The second-order valence-electron chi connectivity index (χ2n) is 7.69. The molecule has 5 nitrogen and oxygen atoms in total. The third kappa shape index (κ3) is 7.53. The van der Waals surface area contributed by atoms with Crippen molar-refractivity contribution in [1.82, 2.24) is 15.5 Å². The lowest BCUT2D eigenvalue weighted by Gasteiger charge is -2.32. The Balaban J connectivity index is 0.00000312. The van der Waals surface area contributed by atoms with Crippen molar-refractivity contribution in [2.45, 2.75) is 71.3 Å². The highest BCUT2D eigenvalue weighted by Crippen LogP contribution is 2.19. The molecule has 2 aliphatic rings. The Morgan fingerprint density at radius 1 is 0.960 bits per heavy atom. The van der Waals surface area contributed by atoms with Gasteiger partial charge in [-0.1, -0.05) is 39.5 Å². The number of halogens is 1. The van der Waals surface area contributed by atoms with Gasteiger partial charge in [-0.05, 0) is 25.7 Å². The number of nitrogens with zero attached hydrogens (tertiary/aromatic N) is 1. The molecule has 0 spiro atoms. The standard InChI is InChI=1S/C19H35N3O2.ClH/c1-15(2)19(24)22-13-9-16(10-14-22)18(23)21-12-11-20-17-7-5-3-4-6-8-17;/h15-17,20H,3-14H2,1-2H3,(H,21,23);1H. The highest BCUT2D eigenvalue weighted by atomic mass is 35.5. The minimum atomic E-state index is 0. The van der Waals surface area contributed by atoms with Gasteiger partial charge >= 0.3 is 0 Å². The van der Waals surface area contributed by atoms with Gasteiger partial charge in [0.05, 0.1) is 0 Å². The fraction of sp³-hybridized carbons (Fsp3) is 0.895. The van der Waals surface area contributed by atoms with Crippen molar-refractivity contribution < 1.29 is 9.59 Å². The van der Waals surface area contributed by atoms with Crippen molar-refractivity contribution in [3.8, 4) is 0 Å². The Hall–Kier alpha value is -0.810. The molecule has 1 saturated carbocycles. The summed E-state index contributed by atoms with van der Waals surface area (Å²) in [4.78, 5) is 26.2. The molecule has 1 saturated heterocycles. The normalized spacial score (nSPS) is 20.0. The van der Waals surface area contributed by atoms with E-state index in [4.69, 9.17) is 0 Å². The quantitative estimate of drug-likeness (QED) is 0.556. The van der Waals surface area contributed by atoms with E-state index in [1.54, 1.807) is 0 Å². The van der Waals surface area contributed by atoms with Crippen molar-refractivity contribution in [2.24, 2.45) is 11.8 Å². The maximum absolute atomic E-state index is 12.3. The number of carbonyl (C=O) groups is 2. The number of amides is 2. The molecule has 1 heterocycles. The zero-order chi connectivity index (χ0) is 17.4. The highest BCUT2D eigenvalue weighted by Gasteiger charge is 2.27. The lowest BCUT2D eigenvalue weighted by Crippen LogP contribution is -2.45. The number of likely N-dealkylation sites (tertiary alicyclic amines) is 1. The molecule has 2 N–H and O–H groups in total. The minimum absolute atomic E-state index is 0. The van der Waals surface area contributed by atoms with Crippen LogP contribution >= 0.6 is 12.4 Å². The van der Waals surface area contributed by atoms with Gasteiger partial charge < -0.3 is 15.5 Å². The molecule has 1 aliphatic heterocycles. The van der Waals surface area contributed by atoms with Crippen LogP contribution in [0.15, 0.2) is 0 Å². The summed E-state index contributed by atoms with van der Waals surface area (Å²) in [6.07, 6.45) is 9.53. The van der Waals surface area contributed by atoms with Gasteiger partial charge in [-0.2, -0.15) is 0 Å².